The van der Waals surface area contributed by atoms with E-state index in [1.807, 2.05) is 48.5 Å². The van der Waals surface area contributed by atoms with Crippen LogP contribution in [-0.2, 0) is 9.53 Å². The number of rotatable bonds is 5. The fourth-order valence-electron chi connectivity index (χ4n) is 5.05. The first-order valence-electron chi connectivity index (χ1n) is 12.0. The Hall–Kier alpha value is -3.93. The van der Waals surface area contributed by atoms with Crippen LogP contribution >= 0.6 is 0 Å². The highest BCUT2D eigenvalue weighted by molar-refractivity contribution is 6.08. The van der Waals surface area contributed by atoms with Gasteiger partial charge in [0.1, 0.15) is 17.1 Å². The van der Waals surface area contributed by atoms with Crippen LogP contribution in [0, 0.1) is 19.8 Å². The molecular weight excluding hydrogens is 440 g/mol. The van der Waals surface area contributed by atoms with Crippen LogP contribution in [0.15, 0.2) is 81.8 Å². The van der Waals surface area contributed by atoms with Crippen LogP contribution in [0.1, 0.15) is 58.3 Å². The predicted octanol–water partition coefficient (Wildman–Crippen LogP) is 5.88. The lowest BCUT2D eigenvalue weighted by molar-refractivity contribution is -0.137. The average molecular weight is 469 g/mol. The number of carbonyl (C=O) groups is 2. The third-order valence-corrected chi connectivity index (χ3v) is 6.63. The molecule has 5 rings (SSSR count). The van der Waals surface area contributed by atoms with Crippen molar-refractivity contribution in [3.05, 3.63) is 101 Å². The molecule has 1 aliphatic carbocycles. The molecule has 0 saturated heterocycles. The van der Waals surface area contributed by atoms with Crippen LogP contribution < -0.4 is 0 Å². The van der Waals surface area contributed by atoms with E-state index in [4.69, 9.17) is 14.3 Å². The smallest absolute Gasteiger partial charge is 0.342 e. The Labute approximate surface area is 204 Å². The second-order valence-corrected chi connectivity index (χ2v) is 9.06. The van der Waals surface area contributed by atoms with Crippen molar-refractivity contribution in [2.45, 2.75) is 39.2 Å². The van der Waals surface area contributed by atoms with Gasteiger partial charge in [-0.2, -0.15) is 5.10 Å². The number of esters is 1. The molecule has 2 atom stereocenters. The molecule has 2 aliphatic rings. The van der Waals surface area contributed by atoms with Crippen molar-refractivity contribution in [3.63, 3.8) is 0 Å². The normalized spacial score (nSPS) is 20.5. The highest BCUT2D eigenvalue weighted by Crippen LogP contribution is 2.44. The summed E-state index contributed by atoms with van der Waals surface area (Å²) >= 11 is 0. The van der Waals surface area contributed by atoms with Gasteiger partial charge in [-0.15, -0.1) is 0 Å². The molecule has 2 heterocycles. The van der Waals surface area contributed by atoms with Gasteiger partial charge in [0.05, 0.1) is 11.8 Å². The maximum Gasteiger partial charge on any atom is 0.342 e. The first-order chi connectivity index (χ1) is 17.0. The molecule has 1 fully saturated rings. The molecule has 6 heteroatoms. The van der Waals surface area contributed by atoms with Crippen molar-refractivity contribution < 1.29 is 18.7 Å². The second-order valence-electron chi connectivity index (χ2n) is 9.06. The predicted molar refractivity (Wildman–Crippen MR) is 134 cm³/mol. The fraction of sp³-hybridized carbons (Fsp3) is 0.276. The Bertz CT molecular complexity index is 1290. The van der Waals surface area contributed by atoms with Gasteiger partial charge in [0, 0.05) is 5.92 Å². The van der Waals surface area contributed by atoms with Gasteiger partial charge in [-0.25, -0.2) is 9.80 Å². The molecule has 178 valence electrons. The Morgan fingerprint density at radius 1 is 1.09 bits per heavy atom. The first kappa shape index (κ1) is 22.8. The van der Waals surface area contributed by atoms with Crippen molar-refractivity contribution in [1.82, 2.24) is 5.01 Å². The van der Waals surface area contributed by atoms with Gasteiger partial charge >= 0.3 is 5.97 Å². The minimum atomic E-state index is -0.571. The monoisotopic (exact) mass is 468 g/mol. The number of ether oxygens (including phenoxy) is 1. The first-order valence-corrected chi connectivity index (χ1v) is 12.0. The van der Waals surface area contributed by atoms with E-state index in [1.54, 1.807) is 19.9 Å². The Morgan fingerprint density at radius 2 is 1.80 bits per heavy atom. The van der Waals surface area contributed by atoms with E-state index < -0.39 is 5.97 Å². The van der Waals surface area contributed by atoms with Gasteiger partial charge in [-0.05, 0) is 62.0 Å². The quantitative estimate of drug-likeness (QED) is 0.439. The highest BCUT2D eigenvalue weighted by atomic mass is 16.5. The minimum absolute atomic E-state index is 0.0968. The summed E-state index contributed by atoms with van der Waals surface area (Å²) in [7, 11) is 0. The second kappa shape index (κ2) is 9.74. The van der Waals surface area contributed by atoms with Crippen molar-refractivity contribution >= 4 is 23.7 Å². The summed E-state index contributed by atoms with van der Waals surface area (Å²) < 4.78 is 10.8. The van der Waals surface area contributed by atoms with E-state index in [9.17, 15) is 9.59 Å². The summed E-state index contributed by atoms with van der Waals surface area (Å²) in [4.78, 5) is 25.9. The third-order valence-electron chi connectivity index (χ3n) is 6.63. The molecule has 0 bridgehead atoms. The van der Waals surface area contributed by atoms with Crippen molar-refractivity contribution in [1.29, 1.82) is 0 Å². The fourth-order valence-corrected chi connectivity index (χ4v) is 5.05. The summed E-state index contributed by atoms with van der Waals surface area (Å²) in [5.74, 6) is 0.284. The van der Waals surface area contributed by atoms with Gasteiger partial charge in [-0.3, -0.25) is 4.79 Å². The molecular formula is C29H28N2O4. The van der Waals surface area contributed by atoms with Crippen molar-refractivity contribution in [2.24, 2.45) is 11.0 Å². The number of hydrogen-bond acceptors (Lipinski definition) is 5. The van der Waals surface area contributed by atoms with Gasteiger partial charge in [0.2, 0.25) is 0 Å². The number of furan rings is 1. The Balaban J connectivity index is 1.42. The lowest BCUT2D eigenvalue weighted by Crippen LogP contribution is -2.34. The Morgan fingerprint density at radius 3 is 2.49 bits per heavy atom. The number of fused-ring (bicyclic) bond motifs is 1. The molecule has 0 radical (unpaired) electrons. The lowest BCUT2D eigenvalue weighted by atomic mass is 9.77. The SMILES string of the molecule is Cc1cc(C(=O)OCC(=O)N2N=C3C(=Cc4ccccc4)CCCC3C2c2ccccc2)c(C)o1. The van der Waals surface area contributed by atoms with E-state index in [2.05, 4.69) is 18.2 Å². The topological polar surface area (TPSA) is 72.1 Å². The number of carbonyl (C=O) groups excluding carboxylic acids is 2. The number of hydrogen-bond donors (Lipinski definition) is 0. The van der Waals surface area contributed by atoms with Crippen LogP contribution in [0.2, 0.25) is 0 Å². The maximum atomic E-state index is 13.4. The van der Waals surface area contributed by atoms with E-state index in [0.29, 0.717) is 17.1 Å². The van der Waals surface area contributed by atoms with Crippen LogP contribution in [0.5, 0.6) is 0 Å². The molecule has 1 amide bonds. The zero-order chi connectivity index (χ0) is 24.4. The van der Waals surface area contributed by atoms with Crippen molar-refractivity contribution in [2.75, 3.05) is 6.61 Å². The number of aryl methyl sites for hydroxylation is 2. The standard InChI is InChI=1S/C29H28N2O4/c1-19-16-25(20(2)35-19)29(33)34-18-26(32)31-28(22-12-7-4-8-13-22)24-15-9-14-23(27(24)30-31)17-21-10-5-3-6-11-21/h3-8,10-13,16-17,24,28H,9,14-15,18H2,1-2H3. The van der Waals surface area contributed by atoms with Gasteiger partial charge in [0.25, 0.3) is 5.91 Å². The summed E-state index contributed by atoms with van der Waals surface area (Å²) in [5, 5.41) is 6.37. The molecule has 35 heavy (non-hydrogen) atoms. The van der Waals surface area contributed by atoms with E-state index in [1.165, 1.54) is 5.01 Å². The minimum Gasteiger partial charge on any atom is -0.466 e. The molecule has 3 aromatic rings. The van der Waals surface area contributed by atoms with E-state index in [0.717, 1.165) is 41.7 Å². The molecule has 2 aromatic carbocycles. The maximum absolute atomic E-state index is 13.4. The zero-order valence-corrected chi connectivity index (χ0v) is 19.9. The van der Waals surface area contributed by atoms with Crippen molar-refractivity contribution in [3.8, 4) is 0 Å². The summed E-state index contributed by atoms with van der Waals surface area (Å²) in [6.07, 6.45) is 5.07. The zero-order valence-electron chi connectivity index (χ0n) is 19.9. The van der Waals surface area contributed by atoms with Crippen LogP contribution in [-0.4, -0.2) is 29.2 Å². The Kier molecular flexibility index (Phi) is 6.36. The average Bonchev–Trinajstić information content (AvgIpc) is 3.43. The lowest BCUT2D eigenvalue weighted by Gasteiger charge is -2.29. The number of allylic oxidation sites excluding steroid dienone is 1. The third kappa shape index (κ3) is 4.69. The van der Waals surface area contributed by atoms with Crippen LogP contribution in [0.25, 0.3) is 6.08 Å². The summed E-state index contributed by atoms with van der Waals surface area (Å²) in [5.41, 5.74) is 4.59. The molecule has 0 N–H and O–H groups in total. The molecule has 1 aliphatic heterocycles. The number of hydrazone groups is 1. The van der Waals surface area contributed by atoms with Gasteiger partial charge in [-0.1, -0.05) is 60.7 Å². The van der Waals surface area contributed by atoms with Gasteiger partial charge in [0.15, 0.2) is 6.61 Å². The molecule has 1 saturated carbocycles. The van der Waals surface area contributed by atoms with Crippen LogP contribution in [0.3, 0.4) is 0 Å². The van der Waals surface area contributed by atoms with E-state index >= 15 is 0 Å². The van der Waals surface area contributed by atoms with E-state index in [-0.39, 0.29) is 24.5 Å². The molecule has 1 aromatic heterocycles. The van der Waals surface area contributed by atoms with Crippen LogP contribution in [0.4, 0.5) is 0 Å². The highest BCUT2D eigenvalue weighted by Gasteiger charge is 2.43. The largest absolute Gasteiger partial charge is 0.466 e. The number of amides is 1. The number of benzene rings is 2. The molecule has 0 spiro atoms. The number of nitrogens with zero attached hydrogens (tertiary/aromatic N) is 2. The molecule has 6 nitrogen and oxygen atoms in total. The van der Waals surface area contributed by atoms with Gasteiger partial charge < -0.3 is 9.15 Å². The molecule has 2 unspecified atom stereocenters. The summed E-state index contributed by atoms with van der Waals surface area (Å²) in [6.45, 7) is 3.09. The summed E-state index contributed by atoms with van der Waals surface area (Å²) in [6, 6.07) is 21.5.